The van der Waals surface area contributed by atoms with Crippen molar-refractivity contribution in [1.82, 2.24) is 15.2 Å². The van der Waals surface area contributed by atoms with E-state index in [0.29, 0.717) is 29.3 Å². The summed E-state index contributed by atoms with van der Waals surface area (Å²) in [7, 11) is 3.58. The molecular weight excluding hydrogens is 522 g/mol. The third-order valence-electron chi connectivity index (χ3n) is 6.51. The van der Waals surface area contributed by atoms with Crippen LogP contribution in [0.3, 0.4) is 0 Å². The van der Waals surface area contributed by atoms with Gasteiger partial charge in [0.05, 0.1) is 18.9 Å². The number of alkyl carbamates (subject to hydrolysis) is 1. The molecule has 1 heterocycles. The van der Waals surface area contributed by atoms with Crippen LogP contribution in [0.4, 0.5) is 21.0 Å². The Balaban J connectivity index is 1.31. The lowest BCUT2D eigenvalue weighted by atomic mass is 10.1. The molecule has 0 saturated carbocycles. The molecule has 214 valence electrons. The first kappa shape index (κ1) is 29.2. The molecule has 1 aromatic heterocycles. The highest BCUT2D eigenvalue weighted by Crippen LogP contribution is 2.32. The molecule has 3 aromatic carbocycles. The number of aromatic nitrogens is 1. The van der Waals surface area contributed by atoms with Crippen molar-refractivity contribution >= 4 is 23.5 Å². The molecule has 3 amide bonds. The zero-order valence-electron chi connectivity index (χ0n) is 23.4. The Kier molecular flexibility index (Phi) is 10.3. The number of nitrogens with one attached hydrogen (secondary N) is 3. The van der Waals surface area contributed by atoms with E-state index in [1.165, 1.54) is 6.39 Å². The summed E-state index contributed by atoms with van der Waals surface area (Å²) in [4.78, 5) is 31.5. The van der Waals surface area contributed by atoms with Gasteiger partial charge < -0.3 is 34.7 Å². The molecule has 0 saturated heterocycles. The first-order valence-corrected chi connectivity index (χ1v) is 13.4. The highest BCUT2D eigenvalue weighted by atomic mass is 16.6. The van der Waals surface area contributed by atoms with Crippen LogP contribution in [0.15, 0.2) is 89.8 Å². The number of hydrogen-bond acceptors (Lipinski definition) is 7. The Morgan fingerprint density at radius 1 is 1.00 bits per heavy atom. The standard InChI is InChI=1S/C31H35N5O5/c1-4-36(2)16-15-27(23-10-6-5-7-11-23)41-31(38)33-19-22-9-8-12-24(17-22)34-30(37)35-25-13-14-26(28(18-25)39-3)29-20-32-21-40-29/h5-14,17-18,20-21,27H,4,15-16,19H2,1-3H3,(H,33,38)(H2,34,35,37). The van der Waals surface area contributed by atoms with E-state index in [2.05, 4.69) is 32.8 Å². The smallest absolute Gasteiger partial charge is 0.408 e. The molecule has 0 fully saturated rings. The van der Waals surface area contributed by atoms with Crippen LogP contribution in [0, 0.1) is 0 Å². The number of amides is 3. The van der Waals surface area contributed by atoms with E-state index in [4.69, 9.17) is 13.9 Å². The third-order valence-corrected chi connectivity index (χ3v) is 6.51. The maximum absolute atomic E-state index is 12.7. The quantitative estimate of drug-likeness (QED) is 0.187. The summed E-state index contributed by atoms with van der Waals surface area (Å²) in [5.41, 5.74) is 3.60. The van der Waals surface area contributed by atoms with Crippen LogP contribution in [0.1, 0.15) is 30.6 Å². The number of nitrogens with zero attached hydrogens (tertiary/aromatic N) is 2. The number of carbonyl (C=O) groups excluding carboxylic acids is 2. The van der Waals surface area contributed by atoms with Gasteiger partial charge in [-0.3, -0.25) is 0 Å². The summed E-state index contributed by atoms with van der Waals surface area (Å²) in [6, 6.07) is 21.8. The molecule has 0 radical (unpaired) electrons. The number of hydrogen-bond donors (Lipinski definition) is 3. The maximum atomic E-state index is 12.7. The van der Waals surface area contributed by atoms with E-state index < -0.39 is 12.1 Å². The predicted octanol–water partition coefficient (Wildman–Crippen LogP) is 6.30. The molecule has 0 bridgehead atoms. The molecule has 4 rings (SSSR count). The van der Waals surface area contributed by atoms with Gasteiger partial charge >= 0.3 is 12.1 Å². The van der Waals surface area contributed by atoms with E-state index in [9.17, 15) is 9.59 Å². The summed E-state index contributed by atoms with van der Waals surface area (Å²) in [6.45, 7) is 4.05. The average Bonchev–Trinajstić information content (AvgIpc) is 3.53. The number of anilines is 2. The lowest BCUT2D eigenvalue weighted by molar-refractivity contribution is 0.0861. The van der Waals surface area contributed by atoms with Gasteiger partial charge in [0, 0.05) is 37.0 Å². The van der Waals surface area contributed by atoms with E-state index in [1.54, 1.807) is 49.7 Å². The number of methoxy groups -OCH3 is 1. The van der Waals surface area contributed by atoms with Gasteiger partial charge in [-0.05, 0) is 49.0 Å². The summed E-state index contributed by atoms with van der Waals surface area (Å²) in [5.74, 6) is 1.10. The normalized spacial score (nSPS) is 11.5. The lowest BCUT2D eigenvalue weighted by Gasteiger charge is -2.22. The Morgan fingerprint density at radius 3 is 2.49 bits per heavy atom. The molecule has 0 aliphatic carbocycles. The van der Waals surface area contributed by atoms with Crippen LogP contribution in [-0.2, 0) is 11.3 Å². The van der Waals surface area contributed by atoms with E-state index in [0.717, 1.165) is 29.8 Å². The van der Waals surface area contributed by atoms with Gasteiger partial charge in [-0.2, -0.15) is 0 Å². The van der Waals surface area contributed by atoms with Gasteiger partial charge in [-0.15, -0.1) is 0 Å². The van der Waals surface area contributed by atoms with Crippen LogP contribution in [0.2, 0.25) is 0 Å². The molecule has 0 aliphatic heterocycles. The molecule has 1 unspecified atom stereocenters. The van der Waals surface area contributed by atoms with E-state index >= 15 is 0 Å². The molecule has 4 aromatic rings. The van der Waals surface area contributed by atoms with Crippen LogP contribution in [0.25, 0.3) is 11.3 Å². The molecule has 41 heavy (non-hydrogen) atoms. The minimum absolute atomic E-state index is 0.243. The summed E-state index contributed by atoms with van der Waals surface area (Å²) in [6.07, 6.45) is 2.76. The zero-order valence-corrected chi connectivity index (χ0v) is 23.4. The number of ether oxygens (including phenoxy) is 2. The fourth-order valence-electron chi connectivity index (χ4n) is 4.18. The lowest BCUT2D eigenvalue weighted by Crippen LogP contribution is -2.28. The van der Waals surface area contributed by atoms with E-state index in [-0.39, 0.29) is 12.6 Å². The number of rotatable bonds is 12. The highest BCUT2D eigenvalue weighted by Gasteiger charge is 2.17. The Bertz CT molecular complexity index is 1410. The molecule has 0 spiro atoms. The Morgan fingerprint density at radius 2 is 1.78 bits per heavy atom. The van der Waals surface area contributed by atoms with Crippen LogP contribution in [-0.4, -0.2) is 49.3 Å². The first-order chi connectivity index (χ1) is 19.9. The largest absolute Gasteiger partial charge is 0.496 e. The van der Waals surface area contributed by atoms with Gasteiger partial charge in [-0.1, -0.05) is 49.4 Å². The molecule has 3 N–H and O–H groups in total. The molecule has 0 aliphatic rings. The van der Waals surface area contributed by atoms with Crippen molar-refractivity contribution < 1.29 is 23.5 Å². The monoisotopic (exact) mass is 557 g/mol. The van der Waals surface area contributed by atoms with E-state index in [1.807, 2.05) is 43.4 Å². The van der Waals surface area contributed by atoms with Crippen LogP contribution in [0.5, 0.6) is 5.75 Å². The van der Waals surface area contributed by atoms with Crippen molar-refractivity contribution in [2.45, 2.75) is 26.0 Å². The second kappa shape index (κ2) is 14.5. The third kappa shape index (κ3) is 8.58. The number of benzene rings is 3. The Labute approximate surface area is 239 Å². The average molecular weight is 558 g/mol. The van der Waals surface area contributed by atoms with Gasteiger partial charge in [0.2, 0.25) is 0 Å². The second-order valence-corrected chi connectivity index (χ2v) is 9.40. The van der Waals surface area contributed by atoms with Gasteiger partial charge in [0.15, 0.2) is 12.2 Å². The zero-order chi connectivity index (χ0) is 29.0. The number of carbonyl (C=O) groups is 2. The topological polar surface area (TPSA) is 118 Å². The molecule has 10 heteroatoms. The van der Waals surface area contributed by atoms with Crippen molar-refractivity contribution in [3.8, 4) is 17.1 Å². The van der Waals surface area contributed by atoms with Crippen LogP contribution < -0.4 is 20.7 Å². The van der Waals surface area contributed by atoms with Crippen molar-refractivity contribution in [2.75, 3.05) is 37.9 Å². The summed E-state index contributed by atoms with van der Waals surface area (Å²) in [5, 5.41) is 8.44. The number of urea groups is 1. The summed E-state index contributed by atoms with van der Waals surface area (Å²) >= 11 is 0. The van der Waals surface area contributed by atoms with Gasteiger partial charge in [-0.25, -0.2) is 14.6 Å². The Hall–Kier alpha value is -4.83. The molecular formula is C31H35N5O5. The van der Waals surface area contributed by atoms with Crippen molar-refractivity contribution in [3.05, 3.63) is 96.5 Å². The summed E-state index contributed by atoms with van der Waals surface area (Å²) < 4.78 is 16.6. The van der Waals surface area contributed by atoms with Crippen molar-refractivity contribution in [3.63, 3.8) is 0 Å². The number of oxazole rings is 1. The fourth-order valence-corrected chi connectivity index (χ4v) is 4.18. The predicted molar refractivity (Wildman–Crippen MR) is 158 cm³/mol. The second-order valence-electron chi connectivity index (χ2n) is 9.40. The molecule has 10 nitrogen and oxygen atoms in total. The SMILES string of the molecule is CCN(C)CCC(OC(=O)NCc1cccc(NC(=O)Nc2ccc(-c3cnco3)c(OC)c2)c1)c1ccccc1. The van der Waals surface area contributed by atoms with Crippen molar-refractivity contribution in [2.24, 2.45) is 0 Å². The maximum Gasteiger partial charge on any atom is 0.408 e. The first-order valence-electron chi connectivity index (χ1n) is 13.4. The minimum Gasteiger partial charge on any atom is -0.496 e. The molecule has 1 atom stereocenters. The highest BCUT2D eigenvalue weighted by molar-refractivity contribution is 6.00. The van der Waals surface area contributed by atoms with Crippen molar-refractivity contribution in [1.29, 1.82) is 0 Å². The fraction of sp³-hybridized carbons (Fsp3) is 0.258. The van der Waals surface area contributed by atoms with Gasteiger partial charge in [0.25, 0.3) is 0 Å². The minimum atomic E-state index is -0.503. The van der Waals surface area contributed by atoms with Crippen LogP contribution >= 0.6 is 0 Å². The van der Waals surface area contributed by atoms with Gasteiger partial charge in [0.1, 0.15) is 11.9 Å².